The third kappa shape index (κ3) is 3.10. The van der Waals surface area contributed by atoms with Crippen molar-refractivity contribution in [2.75, 3.05) is 26.2 Å². The monoisotopic (exact) mass is 241 g/mol. The number of hydrogen-bond donors (Lipinski definition) is 1. The van der Waals surface area contributed by atoms with Crippen LogP contribution in [-0.4, -0.2) is 59.8 Å². The molecule has 0 aromatic rings. The van der Waals surface area contributed by atoms with Crippen molar-refractivity contribution in [1.82, 2.24) is 9.80 Å². The molecule has 5 heteroatoms. The van der Waals surface area contributed by atoms with Crippen molar-refractivity contribution in [1.29, 1.82) is 0 Å². The van der Waals surface area contributed by atoms with E-state index in [1.165, 1.54) is 0 Å². The Morgan fingerprint density at radius 2 is 1.94 bits per heavy atom. The summed E-state index contributed by atoms with van der Waals surface area (Å²) in [6, 6.07) is 0.799. The predicted octanol–water partition coefficient (Wildman–Crippen LogP) is 0.639. The average molecular weight is 241 g/mol. The van der Waals surface area contributed by atoms with Crippen molar-refractivity contribution in [3.63, 3.8) is 0 Å². The Kier molecular flexibility index (Phi) is 3.32. The third-order valence-corrected chi connectivity index (χ3v) is 3.27. The summed E-state index contributed by atoms with van der Waals surface area (Å²) in [4.78, 5) is 16.0. The quantitative estimate of drug-likeness (QED) is 0.732. The topological polar surface area (TPSA) is 58.8 Å². The van der Waals surface area contributed by atoms with Gasteiger partial charge in [-0.05, 0) is 27.2 Å². The van der Waals surface area contributed by atoms with E-state index in [1.54, 1.807) is 4.90 Å². The van der Waals surface area contributed by atoms with E-state index in [0.29, 0.717) is 12.1 Å². The molecule has 2 fully saturated rings. The molecule has 0 aliphatic carbocycles. The normalized spacial score (nSPS) is 27.1. The Balaban J connectivity index is 1.79. The average Bonchev–Trinajstić information content (AvgIpc) is 2.58. The van der Waals surface area contributed by atoms with Crippen LogP contribution in [0, 0.1) is 0 Å². The fourth-order valence-electron chi connectivity index (χ4n) is 2.38. The highest BCUT2D eigenvalue weighted by molar-refractivity contribution is 5.68. The molecular weight excluding hydrogens is 218 g/mol. The lowest BCUT2D eigenvalue weighted by Gasteiger charge is -2.41. The molecule has 1 amide bonds. The van der Waals surface area contributed by atoms with Crippen LogP contribution in [0.1, 0.15) is 27.2 Å². The minimum Gasteiger partial charge on any atom is -0.444 e. The molecule has 2 aliphatic heterocycles. The SMILES string of the molecule is CC(C)(C)OC(=O)N1CCC(N2CC(N)C2)C1. The number of amides is 1. The molecule has 0 bridgehead atoms. The minimum atomic E-state index is -0.408. The highest BCUT2D eigenvalue weighted by Gasteiger charge is 2.36. The van der Waals surface area contributed by atoms with Crippen LogP contribution in [0.25, 0.3) is 0 Å². The second-order valence-corrected chi connectivity index (χ2v) is 6.08. The van der Waals surface area contributed by atoms with Crippen molar-refractivity contribution < 1.29 is 9.53 Å². The number of nitrogens with zero attached hydrogens (tertiary/aromatic N) is 2. The fourth-order valence-corrected chi connectivity index (χ4v) is 2.38. The minimum absolute atomic E-state index is 0.190. The Morgan fingerprint density at radius 3 is 2.47 bits per heavy atom. The van der Waals surface area contributed by atoms with Gasteiger partial charge in [-0.3, -0.25) is 4.90 Å². The van der Waals surface area contributed by atoms with Crippen LogP contribution in [0.15, 0.2) is 0 Å². The molecule has 98 valence electrons. The molecule has 0 aromatic carbocycles. The number of rotatable bonds is 1. The molecule has 0 saturated carbocycles. The zero-order valence-corrected chi connectivity index (χ0v) is 11.0. The van der Waals surface area contributed by atoms with Crippen LogP contribution in [0.3, 0.4) is 0 Å². The Hall–Kier alpha value is -0.810. The fraction of sp³-hybridized carbons (Fsp3) is 0.917. The number of nitrogens with two attached hydrogens (primary N) is 1. The molecule has 2 aliphatic rings. The van der Waals surface area contributed by atoms with Gasteiger partial charge in [0.1, 0.15) is 5.60 Å². The molecule has 2 rings (SSSR count). The summed E-state index contributed by atoms with van der Waals surface area (Å²) in [5.41, 5.74) is 5.36. The first-order chi connectivity index (χ1) is 7.85. The van der Waals surface area contributed by atoms with E-state index in [-0.39, 0.29) is 6.09 Å². The molecule has 1 atom stereocenters. The first-order valence-electron chi connectivity index (χ1n) is 6.33. The summed E-state index contributed by atoms with van der Waals surface area (Å²) in [5.74, 6) is 0. The van der Waals surface area contributed by atoms with Gasteiger partial charge in [-0.1, -0.05) is 0 Å². The van der Waals surface area contributed by atoms with Gasteiger partial charge in [-0.25, -0.2) is 4.79 Å². The first-order valence-corrected chi connectivity index (χ1v) is 6.33. The summed E-state index contributed by atoms with van der Waals surface area (Å²) in [7, 11) is 0. The van der Waals surface area contributed by atoms with Crippen molar-refractivity contribution in [2.45, 2.75) is 44.9 Å². The Labute approximate surface area is 103 Å². The summed E-state index contributed by atoms with van der Waals surface area (Å²) in [6.45, 7) is 9.19. The lowest BCUT2D eigenvalue weighted by Crippen LogP contribution is -2.59. The molecule has 1 unspecified atom stereocenters. The van der Waals surface area contributed by atoms with Crippen LogP contribution in [-0.2, 0) is 4.74 Å². The summed E-state index contributed by atoms with van der Waals surface area (Å²) in [5, 5.41) is 0. The number of likely N-dealkylation sites (tertiary alicyclic amines) is 2. The molecule has 0 aromatic heterocycles. The summed E-state index contributed by atoms with van der Waals surface area (Å²) >= 11 is 0. The van der Waals surface area contributed by atoms with E-state index >= 15 is 0 Å². The molecule has 2 heterocycles. The highest BCUT2D eigenvalue weighted by Crippen LogP contribution is 2.22. The van der Waals surface area contributed by atoms with Crippen LogP contribution < -0.4 is 5.73 Å². The number of carbonyl (C=O) groups is 1. The summed E-state index contributed by atoms with van der Waals surface area (Å²) < 4.78 is 5.37. The van der Waals surface area contributed by atoms with Crippen molar-refractivity contribution in [2.24, 2.45) is 5.73 Å². The molecule has 0 spiro atoms. The second kappa shape index (κ2) is 4.46. The smallest absolute Gasteiger partial charge is 0.410 e. The zero-order valence-electron chi connectivity index (χ0n) is 11.0. The lowest BCUT2D eigenvalue weighted by molar-refractivity contribution is 0.0262. The molecule has 5 nitrogen and oxygen atoms in total. The maximum absolute atomic E-state index is 11.9. The van der Waals surface area contributed by atoms with E-state index in [9.17, 15) is 4.79 Å². The lowest BCUT2D eigenvalue weighted by atomic mass is 10.1. The van der Waals surface area contributed by atoms with Crippen LogP contribution in [0.5, 0.6) is 0 Å². The van der Waals surface area contributed by atoms with Crippen molar-refractivity contribution >= 4 is 6.09 Å². The third-order valence-electron chi connectivity index (χ3n) is 3.27. The van der Waals surface area contributed by atoms with Gasteiger partial charge >= 0.3 is 6.09 Å². The maximum Gasteiger partial charge on any atom is 0.410 e. The maximum atomic E-state index is 11.9. The largest absolute Gasteiger partial charge is 0.444 e. The van der Waals surface area contributed by atoms with Crippen LogP contribution in [0.4, 0.5) is 4.79 Å². The van der Waals surface area contributed by atoms with E-state index < -0.39 is 5.60 Å². The van der Waals surface area contributed by atoms with Gasteiger partial charge in [0, 0.05) is 38.3 Å². The van der Waals surface area contributed by atoms with Gasteiger partial charge in [-0.2, -0.15) is 0 Å². The Morgan fingerprint density at radius 1 is 1.29 bits per heavy atom. The van der Waals surface area contributed by atoms with Gasteiger partial charge in [0.2, 0.25) is 0 Å². The van der Waals surface area contributed by atoms with Crippen molar-refractivity contribution in [3.05, 3.63) is 0 Å². The van der Waals surface area contributed by atoms with Crippen LogP contribution >= 0.6 is 0 Å². The van der Waals surface area contributed by atoms with E-state index in [4.69, 9.17) is 10.5 Å². The first kappa shape index (κ1) is 12.6. The molecular formula is C12H23N3O2. The number of ether oxygens (including phenoxy) is 1. The van der Waals surface area contributed by atoms with E-state index in [1.807, 2.05) is 20.8 Å². The number of carbonyl (C=O) groups excluding carboxylic acids is 1. The molecule has 17 heavy (non-hydrogen) atoms. The van der Waals surface area contributed by atoms with Crippen molar-refractivity contribution in [3.8, 4) is 0 Å². The van der Waals surface area contributed by atoms with Gasteiger partial charge < -0.3 is 15.4 Å². The molecule has 0 radical (unpaired) electrons. The van der Waals surface area contributed by atoms with Gasteiger partial charge in [-0.15, -0.1) is 0 Å². The predicted molar refractivity (Wildman–Crippen MR) is 65.8 cm³/mol. The van der Waals surface area contributed by atoms with E-state index in [2.05, 4.69) is 4.90 Å². The zero-order chi connectivity index (χ0) is 12.6. The standard InChI is InChI=1S/C12H23N3O2/c1-12(2,3)17-11(16)14-5-4-10(8-14)15-6-9(13)7-15/h9-10H,4-8,13H2,1-3H3. The van der Waals surface area contributed by atoms with Gasteiger partial charge in [0.25, 0.3) is 0 Å². The number of hydrogen-bond acceptors (Lipinski definition) is 4. The summed E-state index contributed by atoms with van der Waals surface area (Å²) in [6.07, 6.45) is 0.844. The van der Waals surface area contributed by atoms with E-state index in [0.717, 1.165) is 32.6 Å². The molecule has 2 N–H and O–H groups in total. The molecule has 2 saturated heterocycles. The highest BCUT2D eigenvalue weighted by atomic mass is 16.6. The van der Waals surface area contributed by atoms with Gasteiger partial charge in [0.05, 0.1) is 0 Å². The second-order valence-electron chi connectivity index (χ2n) is 6.08. The van der Waals surface area contributed by atoms with Crippen LogP contribution in [0.2, 0.25) is 0 Å². The Bertz CT molecular complexity index is 295. The van der Waals surface area contributed by atoms with Gasteiger partial charge in [0.15, 0.2) is 0 Å².